The van der Waals surface area contributed by atoms with Gasteiger partial charge in [-0.15, -0.1) is 11.3 Å². The van der Waals surface area contributed by atoms with E-state index in [1.54, 1.807) is 11.3 Å². The molecule has 1 heterocycles. The third-order valence-corrected chi connectivity index (χ3v) is 4.45. The molecule has 3 rings (SSSR count). The highest BCUT2D eigenvalue weighted by Gasteiger charge is 2.05. The van der Waals surface area contributed by atoms with Crippen LogP contribution in [-0.4, -0.2) is 0 Å². The quantitative estimate of drug-likeness (QED) is 0.719. The van der Waals surface area contributed by atoms with E-state index in [0.29, 0.717) is 6.04 Å². The van der Waals surface area contributed by atoms with E-state index in [0.717, 1.165) is 6.54 Å². The van der Waals surface area contributed by atoms with Crippen molar-refractivity contribution in [1.29, 1.82) is 0 Å². The first kappa shape index (κ1) is 12.4. The molecule has 0 unspecified atom stereocenters. The fourth-order valence-electron chi connectivity index (χ4n) is 2.26. The zero-order valence-electron chi connectivity index (χ0n) is 11.0. The predicted molar refractivity (Wildman–Crippen MR) is 83.5 cm³/mol. The maximum Gasteiger partial charge on any atom is 0.0388 e. The standard InChI is InChI=1S/C17H17NS/c1-13(17-7-4-10-19-17)18-12-14-8-9-15-5-2-3-6-16(15)11-14/h2-11,13,18H,12H2,1H3/t13-/m0/s1. The van der Waals surface area contributed by atoms with Gasteiger partial charge in [-0.2, -0.15) is 0 Å². The van der Waals surface area contributed by atoms with E-state index in [1.807, 2.05) is 0 Å². The highest BCUT2D eigenvalue weighted by Crippen LogP contribution is 2.20. The normalized spacial score (nSPS) is 12.7. The Kier molecular flexibility index (Phi) is 3.62. The van der Waals surface area contributed by atoms with Crippen LogP contribution in [0.4, 0.5) is 0 Å². The van der Waals surface area contributed by atoms with Gasteiger partial charge in [-0.05, 0) is 40.8 Å². The first-order chi connectivity index (χ1) is 9.33. The Morgan fingerprint density at radius 2 is 1.84 bits per heavy atom. The number of hydrogen-bond acceptors (Lipinski definition) is 2. The zero-order valence-corrected chi connectivity index (χ0v) is 11.8. The molecule has 0 bridgehead atoms. The second-order valence-corrected chi connectivity index (χ2v) is 5.78. The molecule has 1 atom stereocenters. The van der Waals surface area contributed by atoms with Gasteiger partial charge in [0.25, 0.3) is 0 Å². The van der Waals surface area contributed by atoms with Crippen molar-refractivity contribution in [3.05, 3.63) is 70.4 Å². The summed E-state index contributed by atoms with van der Waals surface area (Å²) in [5, 5.41) is 8.32. The topological polar surface area (TPSA) is 12.0 Å². The minimum Gasteiger partial charge on any atom is -0.305 e. The lowest BCUT2D eigenvalue weighted by Crippen LogP contribution is -2.17. The van der Waals surface area contributed by atoms with E-state index < -0.39 is 0 Å². The second kappa shape index (κ2) is 5.55. The molecule has 1 aromatic heterocycles. The summed E-state index contributed by atoms with van der Waals surface area (Å²) in [6, 6.07) is 19.9. The van der Waals surface area contributed by atoms with E-state index in [2.05, 4.69) is 72.2 Å². The summed E-state index contributed by atoms with van der Waals surface area (Å²) in [6.45, 7) is 3.12. The molecule has 1 nitrogen and oxygen atoms in total. The summed E-state index contributed by atoms with van der Waals surface area (Å²) in [5.74, 6) is 0. The molecule has 96 valence electrons. The molecule has 0 radical (unpaired) electrons. The first-order valence-electron chi connectivity index (χ1n) is 6.57. The molecule has 0 aliphatic carbocycles. The molecule has 0 saturated heterocycles. The Morgan fingerprint density at radius 3 is 2.63 bits per heavy atom. The fourth-order valence-corrected chi connectivity index (χ4v) is 3.02. The van der Waals surface area contributed by atoms with Crippen LogP contribution in [-0.2, 0) is 6.54 Å². The van der Waals surface area contributed by atoms with Crippen molar-refractivity contribution in [2.24, 2.45) is 0 Å². The highest BCUT2D eigenvalue weighted by molar-refractivity contribution is 7.10. The van der Waals surface area contributed by atoms with E-state index in [-0.39, 0.29) is 0 Å². The Morgan fingerprint density at radius 1 is 1.00 bits per heavy atom. The maximum absolute atomic E-state index is 3.58. The Bertz CT molecular complexity index is 658. The fraction of sp³-hybridized carbons (Fsp3) is 0.176. The molecule has 0 aliphatic heterocycles. The van der Waals surface area contributed by atoms with E-state index in [1.165, 1.54) is 21.2 Å². The Balaban J connectivity index is 1.71. The van der Waals surface area contributed by atoms with Crippen LogP contribution in [0.5, 0.6) is 0 Å². The van der Waals surface area contributed by atoms with Gasteiger partial charge in [-0.25, -0.2) is 0 Å². The summed E-state index contributed by atoms with van der Waals surface area (Å²) >= 11 is 1.81. The summed E-state index contributed by atoms with van der Waals surface area (Å²) < 4.78 is 0. The average molecular weight is 267 g/mol. The molecular weight excluding hydrogens is 250 g/mol. The van der Waals surface area contributed by atoms with Crippen LogP contribution >= 0.6 is 11.3 Å². The van der Waals surface area contributed by atoms with Crippen LogP contribution < -0.4 is 5.32 Å². The first-order valence-corrected chi connectivity index (χ1v) is 7.45. The molecule has 0 saturated carbocycles. The zero-order chi connectivity index (χ0) is 13.1. The third-order valence-electron chi connectivity index (χ3n) is 3.40. The smallest absolute Gasteiger partial charge is 0.0388 e. The van der Waals surface area contributed by atoms with Crippen LogP contribution in [0.3, 0.4) is 0 Å². The predicted octanol–water partition coefficient (Wildman–Crippen LogP) is 4.75. The number of nitrogens with one attached hydrogen (secondary N) is 1. The summed E-state index contributed by atoms with van der Waals surface area (Å²) in [5.41, 5.74) is 1.34. The van der Waals surface area contributed by atoms with Gasteiger partial charge in [-0.3, -0.25) is 0 Å². The van der Waals surface area contributed by atoms with Gasteiger partial charge in [0, 0.05) is 17.5 Å². The van der Waals surface area contributed by atoms with Crippen molar-refractivity contribution in [2.45, 2.75) is 19.5 Å². The maximum atomic E-state index is 3.58. The average Bonchev–Trinajstić information content (AvgIpc) is 2.99. The Labute approximate surface area is 117 Å². The summed E-state index contributed by atoms with van der Waals surface area (Å²) in [7, 11) is 0. The van der Waals surface area contributed by atoms with Crippen LogP contribution in [0.2, 0.25) is 0 Å². The van der Waals surface area contributed by atoms with Crippen molar-refractivity contribution in [3.8, 4) is 0 Å². The number of rotatable bonds is 4. The minimum absolute atomic E-state index is 0.409. The van der Waals surface area contributed by atoms with Crippen molar-refractivity contribution < 1.29 is 0 Å². The van der Waals surface area contributed by atoms with Crippen molar-refractivity contribution in [3.63, 3.8) is 0 Å². The van der Waals surface area contributed by atoms with Gasteiger partial charge in [0.1, 0.15) is 0 Å². The molecular formula is C17H17NS. The Hall–Kier alpha value is -1.64. The SMILES string of the molecule is C[C@H](NCc1ccc2ccccc2c1)c1cccs1. The second-order valence-electron chi connectivity index (χ2n) is 4.80. The molecule has 2 heteroatoms. The van der Waals surface area contributed by atoms with E-state index >= 15 is 0 Å². The van der Waals surface area contributed by atoms with E-state index in [4.69, 9.17) is 0 Å². The van der Waals surface area contributed by atoms with Gasteiger partial charge >= 0.3 is 0 Å². The van der Waals surface area contributed by atoms with Gasteiger partial charge in [0.05, 0.1) is 0 Å². The lowest BCUT2D eigenvalue weighted by Gasteiger charge is -2.12. The molecule has 0 aliphatic rings. The molecule has 3 aromatic rings. The van der Waals surface area contributed by atoms with Gasteiger partial charge in [0.15, 0.2) is 0 Å². The lowest BCUT2D eigenvalue weighted by atomic mass is 10.1. The lowest BCUT2D eigenvalue weighted by molar-refractivity contribution is 0.583. The molecule has 2 aromatic carbocycles. The monoisotopic (exact) mass is 267 g/mol. The molecule has 19 heavy (non-hydrogen) atoms. The van der Waals surface area contributed by atoms with Crippen LogP contribution in [0.15, 0.2) is 60.0 Å². The minimum atomic E-state index is 0.409. The molecule has 1 N–H and O–H groups in total. The number of hydrogen-bond donors (Lipinski definition) is 1. The van der Waals surface area contributed by atoms with Crippen molar-refractivity contribution >= 4 is 22.1 Å². The van der Waals surface area contributed by atoms with Crippen molar-refractivity contribution in [2.75, 3.05) is 0 Å². The summed E-state index contributed by atoms with van der Waals surface area (Å²) in [6.07, 6.45) is 0. The number of thiophene rings is 1. The highest BCUT2D eigenvalue weighted by atomic mass is 32.1. The molecule has 0 amide bonds. The molecule has 0 spiro atoms. The number of fused-ring (bicyclic) bond motifs is 1. The molecule has 0 fully saturated rings. The largest absolute Gasteiger partial charge is 0.305 e. The number of benzene rings is 2. The van der Waals surface area contributed by atoms with Crippen LogP contribution in [0.1, 0.15) is 23.4 Å². The van der Waals surface area contributed by atoms with E-state index in [9.17, 15) is 0 Å². The summed E-state index contributed by atoms with van der Waals surface area (Å²) in [4.78, 5) is 1.39. The van der Waals surface area contributed by atoms with Gasteiger partial charge in [0.2, 0.25) is 0 Å². The van der Waals surface area contributed by atoms with Crippen LogP contribution in [0.25, 0.3) is 10.8 Å². The van der Waals surface area contributed by atoms with Gasteiger partial charge < -0.3 is 5.32 Å². The third kappa shape index (κ3) is 2.86. The van der Waals surface area contributed by atoms with Gasteiger partial charge in [-0.1, -0.05) is 42.5 Å². The van der Waals surface area contributed by atoms with Crippen LogP contribution in [0, 0.1) is 0 Å². The van der Waals surface area contributed by atoms with Crippen molar-refractivity contribution in [1.82, 2.24) is 5.32 Å².